The van der Waals surface area contributed by atoms with Crippen molar-refractivity contribution in [2.24, 2.45) is 11.5 Å². The summed E-state index contributed by atoms with van der Waals surface area (Å²) in [6.45, 7) is 3.17. The van der Waals surface area contributed by atoms with Crippen LogP contribution in [0.3, 0.4) is 0 Å². The molecule has 0 bridgehead atoms. The molecule has 3 rings (SSSR count). The number of nitrogens with one attached hydrogen (secondary N) is 1. The summed E-state index contributed by atoms with van der Waals surface area (Å²) in [7, 11) is 1.85. The lowest BCUT2D eigenvalue weighted by Crippen LogP contribution is -2.58. The number of benzene rings is 1. The third-order valence-corrected chi connectivity index (χ3v) is 4.65. The Morgan fingerprint density at radius 1 is 1.35 bits per heavy atom. The van der Waals surface area contributed by atoms with Gasteiger partial charge < -0.3 is 26.4 Å². The van der Waals surface area contributed by atoms with Crippen LogP contribution in [0.2, 0.25) is 0 Å². The van der Waals surface area contributed by atoms with Crippen LogP contribution in [-0.4, -0.2) is 41.8 Å². The van der Waals surface area contributed by atoms with E-state index < -0.39 is 11.6 Å². The highest BCUT2D eigenvalue weighted by Gasteiger charge is 2.34. The van der Waals surface area contributed by atoms with Gasteiger partial charge in [-0.2, -0.15) is 4.98 Å². The Morgan fingerprint density at radius 3 is 2.73 bits per heavy atom. The molecule has 1 fully saturated rings. The lowest BCUT2D eigenvalue weighted by molar-refractivity contribution is 0.0531. The summed E-state index contributed by atoms with van der Waals surface area (Å²) in [6.07, 6.45) is 2.78. The first kappa shape index (κ1) is 18.1. The van der Waals surface area contributed by atoms with Gasteiger partial charge in [-0.3, -0.25) is 4.79 Å². The summed E-state index contributed by atoms with van der Waals surface area (Å²) < 4.78 is 5.39. The molecule has 1 aliphatic heterocycles. The first-order valence-corrected chi connectivity index (χ1v) is 8.50. The topological polar surface area (TPSA) is 119 Å². The third-order valence-electron chi connectivity index (χ3n) is 4.65. The Kier molecular flexibility index (Phi) is 5.06. The zero-order valence-corrected chi connectivity index (χ0v) is 15.0. The minimum Gasteiger partial charge on any atom is -0.381 e. The summed E-state index contributed by atoms with van der Waals surface area (Å²) in [6, 6.07) is 7.76. The summed E-state index contributed by atoms with van der Waals surface area (Å²) in [5.74, 6) is 0.188. The van der Waals surface area contributed by atoms with E-state index in [1.54, 1.807) is 0 Å². The number of hydrogen-bond acceptors (Lipinski definition) is 7. The van der Waals surface area contributed by atoms with Crippen LogP contribution in [0, 0.1) is 6.92 Å². The van der Waals surface area contributed by atoms with Crippen LogP contribution >= 0.6 is 0 Å². The molecule has 8 heteroatoms. The maximum Gasteiger partial charge on any atom is 0.254 e. The second kappa shape index (κ2) is 7.27. The van der Waals surface area contributed by atoms with E-state index in [0.29, 0.717) is 37.8 Å². The molecule has 0 spiro atoms. The van der Waals surface area contributed by atoms with E-state index in [2.05, 4.69) is 15.3 Å². The summed E-state index contributed by atoms with van der Waals surface area (Å²) in [5.41, 5.74) is 13.5. The van der Waals surface area contributed by atoms with Gasteiger partial charge in [-0.05, 0) is 24.6 Å². The predicted molar refractivity (Wildman–Crippen MR) is 100 cm³/mol. The number of aryl methyl sites for hydroxylation is 1. The Labute approximate surface area is 152 Å². The number of nitrogens with zero attached hydrogens (tertiary/aromatic N) is 3. The van der Waals surface area contributed by atoms with Gasteiger partial charge >= 0.3 is 0 Å². The fraction of sp³-hybridized carbons (Fsp3) is 0.389. The lowest BCUT2D eigenvalue weighted by Gasteiger charge is -2.41. The highest BCUT2D eigenvalue weighted by molar-refractivity contribution is 5.98. The van der Waals surface area contributed by atoms with E-state index in [1.165, 1.54) is 6.20 Å². The summed E-state index contributed by atoms with van der Waals surface area (Å²) in [5, 5.41) is 3.16. The average Bonchev–Trinajstić information content (AvgIpc) is 2.61. The quantitative estimate of drug-likeness (QED) is 0.695. The summed E-state index contributed by atoms with van der Waals surface area (Å²) in [4.78, 5) is 22.4. The number of anilines is 3. The van der Waals surface area contributed by atoms with Crippen molar-refractivity contribution in [2.45, 2.75) is 25.4 Å². The van der Waals surface area contributed by atoms with Gasteiger partial charge in [0.25, 0.3) is 5.91 Å². The molecule has 0 saturated carbocycles. The molecule has 0 unspecified atom stereocenters. The fourth-order valence-corrected chi connectivity index (χ4v) is 2.93. The number of carbonyl (C=O) groups is 1. The number of carbonyl (C=O) groups excluding carboxylic acids is 1. The SMILES string of the molecule is Cc1cccc(Nc2nc(N(C)C3(N)CCOCC3)ncc2C(N)=O)c1. The molecule has 0 aliphatic carbocycles. The van der Waals surface area contributed by atoms with Crippen LogP contribution in [0.25, 0.3) is 0 Å². The first-order chi connectivity index (χ1) is 12.4. The van der Waals surface area contributed by atoms with Gasteiger partial charge in [0.15, 0.2) is 0 Å². The Bertz CT molecular complexity index is 804. The molecule has 1 amide bonds. The monoisotopic (exact) mass is 356 g/mol. The van der Waals surface area contributed by atoms with E-state index in [0.717, 1.165) is 11.3 Å². The molecule has 1 aliphatic rings. The van der Waals surface area contributed by atoms with Gasteiger partial charge in [0.1, 0.15) is 11.4 Å². The molecule has 5 N–H and O–H groups in total. The van der Waals surface area contributed by atoms with Gasteiger partial charge in [-0.1, -0.05) is 12.1 Å². The molecule has 0 radical (unpaired) electrons. The van der Waals surface area contributed by atoms with E-state index in [4.69, 9.17) is 16.2 Å². The Morgan fingerprint density at radius 2 is 2.08 bits per heavy atom. The van der Waals surface area contributed by atoms with Crippen molar-refractivity contribution in [3.8, 4) is 0 Å². The van der Waals surface area contributed by atoms with Crippen molar-refractivity contribution >= 4 is 23.4 Å². The number of ether oxygens (including phenoxy) is 1. The Hall–Kier alpha value is -2.71. The van der Waals surface area contributed by atoms with Crippen LogP contribution in [-0.2, 0) is 4.74 Å². The van der Waals surface area contributed by atoms with Gasteiger partial charge in [-0.15, -0.1) is 0 Å². The van der Waals surface area contributed by atoms with Crippen molar-refractivity contribution in [3.05, 3.63) is 41.6 Å². The Balaban J connectivity index is 1.94. The van der Waals surface area contributed by atoms with Crippen LogP contribution in [0.4, 0.5) is 17.5 Å². The van der Waals surface area contributed by atoms with Crippen molar-refractivity contribution in [3.63, 3.8) is 0 Å². The highest BCUT2D eigenvalue weighted by Crippen LogP contribution is 2.27. The highest BCUT2D eigenvalue weighted by atomic mass is 16.5. The second-order valence-corrected chi connectivity index (χ2v) is 6.57. The molecule has 2 aromatic rings. The van der Waals surface area contributed by atoms with E-state index in [-0.39, 0.29) is 5.56 Å². The summed E-state index contributed by atoms with van der Waals surface area (Å²) >= 11 is 0. The molecule has 8 nitrogen and oxygen atoms in total. The van der Waals surface area contributed by atoms with Gasteiger partial charge in [-0.25, -0.2) is 4.98 Å². The number of hydrogen-bond donors (Lipinski definition) is 3. The fourth-order valence-electron chi connectivity index (χ4n) is 2.93. The molecule has 1 aromatic heterocycles. The zero-order valence-electron chi connectivity index (χ0n) is 15.0. The van der Waals surface area contributed by atoms with Crippen LogP contribution in [0.15, 0.2) is 30.5 Å². The molecule has 138 valence electrons. The number of primary amides is 1. The van der Waals surface area contributed by atoms with Crippen LogP contribution in [0.1, 0.15) is 28.8 Å². The molecule has 26 heavy (non-hydrogen) atoms. The van der Waals surface area contributed by atoms with Crippen molar-refractivity contribution in [1.29, 1.82) is 0 Å². The number of nitrogens with two attached hydrogens (primary N) is 2. The van der Waals surface area contributed by atoms with Gasteiger partial charge in [0.2, 0.25) is 5.95 Å². The first-order valence-electron chi connectivity index (χ1n) is 8.50. The van der Waals surface area contributed by atoms with Crippen LogP contribution in [0.5, 0.6) is 0 Å². The maximum absolute atomic E-state index is 11.8. The van der Waals surface area contributed by atoms with Crippen molar-refractivity contribution in [1.82, 2.24) is 9.97 Å². The van der Waals surface area contributed by atoms with Gasteiger partial charge in [0.05, 0.1) is 18.9 Å². The van der Waals surface area contributed by atoms with Gasteiger partial charge in [0, 0.05) is 31.8 Å². The molecule has 1 aromatic carbocycles. The molecule has 2 heterocycles. The number of amides is 1. The standard InChI is InChI=1S/C18H24N6O2/c1-12-4-3-5-13(10-12)22-16-14(15(19)25)11-21-17(23-16)24(2)18(20)6-8-26-9-7-18/h3-5,10-11H,6-9,20H2,1-2H3,(H2,19,25)(H,21,22,23). The molecule has 1 saturated heterocycles. The van der Waals surface area contributed by atoms with E-state index in [9.17, 15) is 4.79 Å². The maximum atomic E-state index is 11.8. The minimum atomic E-state index is -0.595. The normalized spacial score (nSPS) is 16.1. The molecular formula is C18H24N6O2. The minimum absolute atomic E-state index is 0.224. The van der Waals surface area contributed by atoms with Crippen LogP contribution < -0.4 is 21.7 Å². The van der Waals surface area contributed by atoms with E-state index in [1.807, 2.05) is 43.1 Å². The smallest absolute Gasteiger partial charge is 0.254 e. The number of aromatic nitrogens is 2. The van der Waals surface area contributed by atoms with Crippen molar-refractivity contribution < 1.29 is 9.53 Å². The number of rotatable bonds is 5. The molecular weight excluding hydrogens is 332 g/mol. The largest absolute Gasteiger partial charge is 0.381 e. The third kappa shape index (κ3) is 3.76. The zero-order chi connectivity index (χ0) is 18.7. The lowest BCUT2D eigenvalue weighted by atomic mass is 10.0. The average molecular weight is 356 g/mol. The predicted octanol–water partition coefficient (Wildman–Crippen LogP) is 1.53. The van der Waals surface area contributed by atoms with E-state index >= 15 is 0 Å². The molecule has 0 atom stereocenters. The van der Waals surface area contributed by atoms with Crippen molar-refractivity contribution in [2.75, 3.05) is 30.5 Å². The second-order valence-electron chi connectivity index (χ2n) is 6.57.